The Bertz CT molecular complexity index is 810. The minimum atomic E-state index is -0.547. The number of hydrogen-bond donors (Lipinski definition) is 0. The number of para-hydroxylation sites is 4. The van der Waals surface area contributed by atoms with E-state index in [1.807, 2.05) is 18.2 Å². The summed E-state index contributed by atoms with van der Waals surface area (Å²) in [6.45, 7) is 0.346. The van der Waals surface area contributed by atoms with Gasteiger partial charge in [0.25, 0.3) is 5.91 Å². The van der Waals surface area contributed by atoms with E-state index in [2.05, 4.69) is 0 Å². The molecule has 0 fully saturated rings. The van der Waals surface area contributed by atoms with Gasteiger partial charge in [-0.25, -0.2) is 0 Å². The van der Waals surface area contributed by atoms with Crippen molar-refractivity contribution in [1.29, 1.82) is 0 Å². The maximum absolute atomic E-state index is 12.3. The first-order valence-corrected chi connectivity index (χ1v) is 8.03. The van der Waals surface area contributed by atoms with Gasteiger partial charge in [0, 0.05) is 13.1 Å². The summed E-state index contributed by atoms with van der Waals surface area (Å²) in [7, 11) is 1.62. The van der Waals surface area contributed by atoms with Crippen LogP contribution in [-0.2, 0) is 4.79 Å². The van der Waals surface area contributed by atoms with Gasteiger partial charge in [-0.3, -0.25) is 14.9 Å². The van der Waals surface area contributed by atoms with Crippen molar-refractivity contribution in [1.82, 2.24) is 4.90 Å². The van der Waals surface area contributed by atoms with E-state index in [0.29, 0.717) is 24.7 Å². The average molecular weight is 358 g/mol. The molecule has 0 N–H and O–H groups in total. The largest absolute Gasteiger partial charge is 0.486 e. The van der Waals surface area contributed by atoms with Gasteiger partial charge in [-0.1, -0.05) is 24.3 Å². The molecule has 1 atom stereocenters. The average Bonchev–Trinajstić information content (AvgIpc) is 2.66. The predicted octanol–water partition coefficient (Wildman–Crippen LogP) is 2.27. The number of benzene rings is 2. The van der Waals surface area contributed by atoms with Crippen molar-refractivity contribution in [3.8, 4) is 17.2 Å². The van der Waals surface area contributed by atoms with E-state index in [0.717, 1.165) is 0 Å². The summed E-state index contributed by atoms with van der Waals surface area (Å²) in [6.07, 6.45) is -0.301. The molecule has 8 heteroatoms. The molecule has 0 aromatic heterocycles. The molecule has 1 aliphatic heterocycles. The fourth-order valence-electron chi connectivity index (χ4n) is 2.54. The maximum atomic E-state index is 12.3. The molecule has 0 saturated carbocycles. The van der Waals surface area contributed by atoms with E-state index < -0.39 is 4.92 Å². The van der Waals surface area contributed by atoms with E-state index in [1.54, 1.807) is 19.2 Å². The van der Waals surface area contributed by atoms with Crippen LogP contribution in [0.5, 0.6) is 17.2 Å². The number of hydrogen-bond acceptors (Lipinski definition) is 6. The topological polar surface area (TPSA) is 91.1 Å². The molecule has 8 nitrogen and oxygen atoms in total. The summed E-state index contributed by atoms with van der Waals surface area (Å²) < 4.78 is 16.8. The molecule has 26 heavy (non-hydrogen) atoms. The molecule has 3 rings (SSSR count). The van der Waals surface area contributed by atoms with Crippen molar-refractivity contribution in [2.24, 2.45) is 0 Å². The fraction of sp³-hybridized carbons (Fsp3) is 0.278. The van der Waals surface area contributed by atoms with Crippen molar-refractivity contribution in [2.45, 2.75) is 6.10 Å². The fourth-order valence-corrected chi connectivity index (χ4v) is 2.54. The minimum absolute atomic E-state index is 0.0606. The monoisotopic (exact) mass is 358 g/mol. The summed E-state index contributed by atoms with van der Waals surface area (Å²) in [5, 5.41) is 11.0. The molecule has 1 amide bonds. The summed E-state index contributed by atoms with van der Waals surface area (Å²) in [4.78, 5) is 24.1. The van der Waals surface area contributed by atoms with Gasteiger partial charge in [0.05, 0.1) is 11.5 Å². The molecule has 1 heterocycles. The molecule has 136 valence electrons. The quantitative estimate of drug-likeness (QED) is 0.581. The highest BCUT2D eigenvalue weighted by Crippen LogP contribution is 2.31. The Labute approximate surface area is 150 Å². The van der Waals surface area contributed by atoms with E-state index in [4.69, 9.17) is 14.2 Å². The van der Waals surface area contributed by atoms with Crippen LogP contribution < -0.4 is 14.2 Å². The van der Waals surface area contributed by atoms with Crippen molar-refractivity contribution in [3.63, 3.8) is 0 Å². The number of carbonyl (C=O) groups is 1. The molecule has 0 spiro atoms. The molecule has 2 aromatic carbocycles. The van der Waals surface area contributed by atoms with Gasteiger partial charge in [-0.05, 0) is 18.2 Å². The van der Waals surface area contributed by atoms with Crippen LogP contribution in [0.3, 0.4) is 0 Å². The SMILES string of the molecule is CN(CC1COc2ccccc2O1)C(=O)COc1ccccc1[N+](=O)[O-]. The van der Waals surface area contributed by atoms with Crippen LogP contribution in [0.1, 0.15) is 0 Å². The lowest BCUT2D eigenvalue weighted by Gasteiger charge is -2.29. The van der Waals surface area contributed by atoms with Gasteiger partial charge in [0.1, 0.15) is 6.61 Å². The van der Waals surface area contributed by atoms with Gasteiger partial charge in [0.2, 0.25) is 0 Å². The maximum Gasteiger partial charge on any atom is 0.310 e. The van der Waals surface area contributed by atoms with E-state index >= 15 is 0 Å². The van der Waals surface area contributed by atoms with Crippen molar-refractivity contribution in [3.05, 3.63) is 58.6 Å². The molecule has 0 saturated heterocycles. The summed E-state index contributed by atoms with van der Waals surface area (Å²) in [5.74, 6) is 1.06. The third kappa shape index (κ3) is 4.02. The zero-order valence-corrected chi connectivity index (χ0v) is 14.2. The zero-order valence-electron chi connectivity index (χ0n) is 14.2. The summed E-state index contributed by atoms with van der Waals surface area (Å²) in [5.41, 5.74) is -0.177. The Kier molecular flexibility index (Phi) is 5.21. The third-order valence-corrected chi connectivity index (χ3v) is 3.88. The second-order valence-corrected chi connectivity index (χ2v) is 5.79. The Morgan fingerprint density at radius 2 is 1.92 bits per heavy atom. The number of nitrogens with zero attached hydrogens (tertiary/aromatic N) is 2. The molecule has 1 aliphatic rings. The molecule has 0 aliphatic carbocycles. The third-order valence-electron chi connectivity index (χ3n) is 3.88. The Balaban J connectivity index is 1.54. The zero-order chi connectivity index (χ0) is 18.5. The van der Waals surface area contributed by atoms with Crippen LogP contribution in [0.2, 0.25) is 0 Å². The first-order valence-electron chi connectivity index (χ1n) is 8.03. The number of fused-ring (bicyclic) bond motifs is 1. The minimum Gasteiger partial charge on any atom is -0.486 e. The normalized spacial score (nSPS) is 15.2. The number of amides is 1. The second-order valence-electron chi connectivity index (χ2n) is 5.79. The van der Waals surface area contributed by atoms with Crippen molar-refractivity contribution < 1.29 is 23.9 Å². The van der Waals surface area contributed by atoms with E-state index in [1.165, 1.54) is 23.1 Å². The Morgan fingerprint density at radius 1 is 1.23 bits per heavy atom. The van der Waals surface area contributed by atoms with Crippen molar-refractivity contribution >= 4 is 11.6 Å². The van der Waals surface area contributed by atoms with Gasteiger partial charge in [0.15, 0.2) is 30.0 Å². The highest BCUT2D eigenvalue weighted by Gasteiger charge is 2.24. The molecule has 0 bridgehead atoms. The predicted molar refractivity (Wildman–Crippen MR) is 92.6 cm³/mol. The van der Waals surface area contributed by atoms with Crippen LogP contribution in [0.25, 0.3) is 0 Å². The van der Waals surface area contributed by atoms with Gasteiger partial charge >= 0.3 is 5.69 Å². The van der Waals surface area contributed by atoms with Crippen LogP contribution in [0.4, 0.5) is 5.69 Å². The highest BCUT2D eigenvalue weighted by molar-refractivity contribution is 5.77. The molecule has 0 radical (unpaired) electrons. The van der Waals surface area contributed by atoms with Gasteiger partial charge in [-0.2, -0.15) is 0 Å². The Hall–Kier alpha value is -3.29. The number of carbonyl (C=O) groups excluding carboxylic acids is 1. The summed E-state index contributed by atoms with van der Waals surface area (Å²) in [6, 6.07) is 13.3. The molecular weight excluding hydrogens is 340 g/mol. The van der Waals surface area contributed by atoms with Crippen LogP contribution >= 0.6 is 0 Å². The van der Waals surface area contributed by atoms with Crippen molar-refractivity contribution in [2.75, 3.05) is 26.8 Å². The lowest BCUT2D eigenvalue weighted by molar-refractivity contribution is -0.385. The van der Waals surface area contributed by atoms with E-state index in [9.17, 15) is 14.9 Å². The van der Waals surface area contributed by atoms with Gasteiger partial charge < -0.3 is 19.1 Å². The number of ether oxygens (including phenoxy) is 3. The number of nitro groups is 1. The molecular formula is C18H18N2O6. The number of likely N-dealkylation sites (N-methyl/N-ethyl adjacent to an activating group) is 1. The Morgan fingerprint density at radius 3 is 2.69 bits per heavy atom. The first kappa shape index (κ1) is 17.5. The number of rotatable bonds is 6. The van der Waals surface area contributed by atoms with Gasteiger partial charge in [-0.15, -0.1) is 0 Å². The molecule has 2 aromatic rings. The lowest BCUT2D eigenvalue weighted by Crippen LogP contribution is -2.43. The van der Waals surface area contributed by atoms with Crippen LogP contribution in [-0.4, -0.2) is 48.6 Å². The lowest BCUT2D eigenvalue weighted by atomic mass is 10.2. The first-order chi connectivity index (χ1) is 12.5. The van der Waals surface area contributed by atoms with Crippen LogP contribution in [0, 0.1) is 10.1 Å². The standard InChI is InChI=1S/C18H18N2O6/c1-19(10-13-11-24-16-8-4-5-9-17(16)26-13)18(21)12-25-15-7-3-2-6-14(15)20(22)23/h2-9,13H,10-12H2,1H3. The summed E-state index contributed by atoms with van der Waals surface area (Å²) >= 11 is 0. The van der Waals surface area contributed by atoms with E-state index in [-0.39, 0.29) is 30.1 Å². The van der Waals surface area contributed by atoms with Crippen LogP contribution in [0.15, 0.2) is 48.5 Å². The smallest absolute Gasteiger partial charge is 0.310 e. The highest BCUT2D eigenvalue weighted by atomic mass is 16.6. The molecule has 1 unspecified atom stereocenters. The number of nitro benzene ring substituents is 1. The second kappa shape index (κ2) is 7.73.